The highest BCUT2D eigenvalue weighted by Crippen LogP contribution is 2.35. The Kier molecular flexibility index (Phi) is 4.24. The van der Waals surface area contributed by atoms with Gasteiger partial charge < -0.3 is 19.7 Å². The summed E-state index contributed by atoms with van der Waals surface area (Å²) in [6.07, 6.45) is 1.16. The summed E-state index contributed by atoms with van der Waals surface area (Å²) in [5.74, 6) is 0. The second-order valence-electron chi connectivity index (χ2n) is 5.78. The van der Waals surface area contributed by atoms with Crippen LogP contribution in [0.3, 0.4) is 0 Å². The maximum atomic E-state index is 5.63. The Morgan fingerprint density at radius 1 is 1.30 bits per heavy atom. The SMILES string of the molecule is COCCOCc1ccc2c(c1)N1[C@@H](CNC[C@H]1C)C2. The Morgan fingerprint density at radius 3 is 3.05 bits per heavy atom. The van der Waals surface area contributed by atoms with Crippen LogP contribution in [0.1, 0.15) is 18.1 Å². The van der Waals surface area contributed by atoms with Crippen molar-refractivity contribution in [2.75, 3.05) is 38.3 Å². The Morgan fingerprint density at radius 2 is 2.20 bits per heavy atom. The number of rotatable bonds is 5. The van der Waals surface area contributed by atoms with Crippen molar-refractivity contribution in [2.24, 2.45) is 0 Å². The van der Waals surface area contributed by atoms with Gasteiger partial charge in [0, 0.05) is 38.0 Å². The largest absolute Gasteiger partial charge is 0.382 e. The van der Waals surface area contributed by atoms with Crippen molar-refractivity contribution in [1.29, 1.82) is 0 Å². The van der Waals surface area contributed by atoms with Gasteiger partial charge in [-0.05, 0) is 30.5 Å². The molecule has 0 radical (unpaired) electrons. The molecule has 2 atom stereocenters. The first kappa shape index (κ1) is 13.9. The van der Waals surface area contributed by atoms with Gasteiger partial charge in [-0.25, -0.2) is 0 Å². The van der Waals surface area contributed by atoms with Crippen molar-refractivity contribution in [3.63, 3.8) is 0 Å². The van der Waals surface area contributed by atoms with Crippen LogP contribution in [0.15, 0.2) is 18.2 Å². The first-order valence-corrected chi connectivity index (χ1v) is 7.47. The molecular weight excluding hydrogens is 252 g/mol. The molecule has 3 rings (SSSR count). The van der Waals surface area contributed by atoms with Gasteiger partial charge in [-0.1, -0.05) is 12.1 Å². The van der Waals surface area contributed by atoms with Crippen molar-refractivity contribution in [3.8, 4) is 0 Å². The number of hydrogen-bond donors (Lipinski definition) is 1. The molecule has 0 bridgehead atoms. The molecule has 110 valence electrons. The molecule has 0 spiro atoms. The highest BCUT2D eigenvalue weighted by Gasteiger charge is 2.34. The zero-order valence-corrected chi connectivity index (χ0v) is 12.4. The molecule has 4 nitrogen and oxygen atoms in total. The van der Waals surface area contributed by atoms with Gasteiger partial charge in [-0.15, -0.1) is 0 Å². The van der Waals surface area contributed by atoms with Crippen LogP contribution in [0.25, 0.3) is 0 Å². The van der Waals surface area contributed by atoms with Crippen LogP contribution in [0.5, 0.6) is 0 Å². The topological polar surface area (TPSA) is 33.7 Å². The predicted molar refractivity (Wildman–Crippen MR) is 80.3 cm³/mol. The molecule has 4 heteroatoms. The number of methoxy groups -OCH3 is 1. The monoisotopic (exact) mass is 276 g/mol. The molecule has 1 aromatic rings. The third-order valence-corrected chi connectivity index (χ3v) is 4.27. The quantitative estimate of drug-likeness (QED) is 0.828. The van der Waals surface area contributed by atoms with E-state index in [1.807, 2.05) is 0 Å². The minimum absolute atomic E-state index is 0.569. The molecule has 0 saturated carbocycles. The smallest absolute Gasteiger partial charge is 0.0718 e. The Hall–Kier alpha value is -1.10. The fourth-order valence-corrected chi connectivity index (χ4v) is 3.32. The fraction of sp³-hybridized carbons (Fsp3) is 0.625. The van der Waals surface area contributed by atoms with E-state index in [0.29, 0.717) is 31.9 Å². The van der Waals surface area contributed by atoms with Crippen LogP contribution in [0.4, 0.5) is 5.69 Å². The van der Waals surface area contributed by atoms with E-state index < -0.39 is 0 Å². The lowest BCUT2D eigenvalue weighted by Gasteiger charge is -2.38. The summed E-state index contributed by atoms with van der Waals surface area (Å²) >= 11 is 0. The zero-order valence-electron chi connectivity index (χ0n) is 12.4. The fourth-order valence-electron chi connectivity index (χ4n) is 3.32. The van der Waals surface area contributed by atoms with Crippen LogP contribution in [-0.2, 0) is 22.5 Å². The van der Waals surface area contributed by atoms with Crippen molar-refractivity contribution in [2.45, 2.75) is 32.0 Å². The van der Waals surface area contributed by atoms with Crippen molar-refractivity contribution in [3.05, 3.63) is 29.3 Å². The molecule has 0 unspecified atom stereocenters. The van der Waals surface area contributed by atoms with Gasteiger partial charge in [0.2, 0.25) is 0 Å². The molecule has 1 fully saturated rings. The lowest BCUT2D eigenvalue weighted by molar-refractivity contribution is 0.0617. The van der Waals surface area contributed by atoms with E-state index in [-0.39, 0.29) is 0 Å². The van der Waals surface area contributed by atoms with Gasteiger partial charge in [0.1, 0.15) is 0 Å². The first-order chi connectivity index (χ1) is 9.79. The maximum absolute atomic E-state index is 5.63. The summed E-state index contributed by atoms with van der Waals surface area (Å²) in [4.78, 5) is 2.59. The minimum Gasteiger partial charge on any atom is -0.382 e. The molecule has 2 heterocycles. The van der Waals surface area contributed by atoms with Crippen molar-refractivity contribution < 1.29 is 9.47 Å². The maximum Gasteiger partial charge on any atom is 0.0718 e. The first-order valence-electron chi connectivity index (χ1n) is 7.47. The average molecular weight is 276 g/mol. The number of hydrogen-bond acceptors (Lipinski definition) is 4. The molecular formula is C16H24N2O2. The molecule has 1 N–H and O–H groups in total. The lowest BCUT2D eigenvalue weighted by atomic mass is 10.1. The van der Waals surface area contributed by atoms with Gasteiger partial charge in [0.05, 0.1) is 19.8 Å². The van der Waals surface area contributed by atoms with E-state index in [1.54, 1.807) is 7.11 Å². The van der Waals surface area contributed by atoms with E-state index in [9.17, 15) is 0 Å². The molecule has 2 aliphatic heterocycles. The van der Waals surface area contributed by atoms with Gasteiger partial charge in [-0.2, -0.15) is 0 Å². The Labute approximate surface area is 121 Å². The summed E-state index contributed by atoms with van der Waals surface area (Å²) in [7, 11) is 1.70. The lowest BCUT2D eigenvalue weighted by Crippen LogP contribution is -2.54. The van der Waals surface area contributed by atoms with Gasteiger partial charge in [0.25, 0.3) is 0 Å². The number of ether oxygens (including phenoxy) is 2. The van der Waals surface area contributed by atoms with Crippen molar-refractivity contribution >= 4 is 5.69 Å². The number of nitrogens with zero attached hydrogens (tertiary/aromatic N) is 1. The normalized spacial score (nSPS) is 24.6. The number of anilines is 1. The average Bonchev–Trinajstić information content (AvgIpc) is 2.82. The second kappa shape index (κ2) is 6.12. The number of fused-ring (bicyclic) bond motifs is 3. The molecule has 0 aliphatic carbocycles. The minimum atomic E-state index is 0.569. The van der Waals surface area contributed by atoms with Crippen LogP contribution in [0, 0.1) is 0 Å². The Balaban J connectivity index is 1.71. The molecule has 0 aromatic heterocycles. The van der Waals surface area contributed by atoms with E-state index in [2.05, 4.69) is 35.3 Å². The Bertz CT molecular complexity index is 464. The molecule has 20 heavy (non-hydrogen) atoms. The highest BCUT2D eigenvalue weighted by molar-refractivity contribution is 5.62. The van der Waals surface area contributed by atoms with E-state index in [0.717, 1.165) is 19.5 Å². The van der Waals surface area contributed by atoms with Crippen LogP contribution >= 0.6 is 0 Å². The highest BCUT2D eigenvalue weighted by atomic mass is 16.5. The van der Waals surface area contributed by atoms with Crippen LogP contribution < -0.4 is 10.2 Å². The number of piperazine rings is 1. The van der Waals surface area contributed by atoms with Gasteiger partial charge in [-0.3, -0.25) is 0 Å². The summed E-state index contributed by atoms with van der Waals surface area (Å²) in [6.45, 7) is 6.45. The summed E-state index contributed by atoms with van der Waals surface area (Å²) < 4.78 is 10.6. The summed E-state index contributed by atoms with van der Waals surface area (Å²) in [6, 6.07) is 7.97. The number of benzene rings is 1. The molecule has 0 amide bonds. The summed E-state index contributed by atoms with van der Waals surface area (Å²) in [5, 5.41) is 3.52. The molecule has 1 aromatic carbocycles. The summed E-state index contributed by atoms with van der Waals surface area (Å²) in [5.41, 5.74) is 4.15. The van der Waals surface area contributed by atoms with Gasteiger partial charge in [0.15, 0.2) is 0 Å². The zero-order chi connectivity index (χ0) is 13.9. The number of nitrogens with one attached hydrogen (secondary N) is 1. The van der Waals surface area contributed by atoms with Crippen LogP contribution in [-0.4, -0.2) is 45.5 Å². The van der Waals surface area contributed by atoms with E-state index >= 15 is 0 Å². The third kappa shape index (κ3) is 2.68. The standard InChI is InChI=1S/C16H24N2O2/c1-12-9-17-10-15-8-14-4-3-13(7-16(14)18(12)15)11-20-6-5-19-2/h3-4,7,12,15,17H,5-6,8-11H2,1-2H3/t12-,15-/m1/s1. The third-order valence-electron chi connectivity index (χ3n) is 4.27. The second-order valence-corrected chi connectivity index (χ2v) is 5.78. The van der Waals surface area contributed by atoms with E-state index in [1.165, 1.54) is 16.8 Å². The van der Waals surface area contributed by atoms with E-state index in [4.69, 9.17) is 9.47 Å². The van der Waals surface area contributed by atoms with Crippen molar-refractivity contribution in [1.82, 2.24) is 5.32 Å². The molecule has 1 saturated heterocycles. The van der Waals surface area contributed by atoms with Crippen LogP contribution in [0.2, 0.25) is 0 Å². The molecule has 2 aliphatic rings. The van der Waals surface area contributed by atoms with Gasteiger partial charge >= 0.3 is 0 Å². The predicted octanol–water partition coefficient (Wildman–Crippen LogP) is 1.57.